The largest absolute Gasteiger partial charge is 0.465 e. The van der Waals surface area contributed by atoms with Crippen LogP contribution in [0.3, 0.4) is 0 Å². The maximum Gasteiger partial charge on any atom is 0.418 e. The van der Waals surface area contributed by atoms with Crippen molar-refractivity contribution in [2.75, 3.05) is 83.1 Å². The summed E-state index contributed by atoms with van der Waals surface area (Å²) in [6.07, 6.45) is -2.09. The average Bonchev–Trinajstić information content (AvgIpc) is 3.36. The summed E-state index contributed by atoms with van der Waals surface area (Å²) in [4.78, 5) is 62.4. The smallest absolute Gasteiger partial charge is 0.418 e. The Morgan fingerprint density at radius 3 is 2.30 bits per heavy atom. The van der Waals surface area contributed by atoms with Crippen molar-refractivity contribution in [2.24, 2.45) is 0 Å². The van der Waals surface area contributed by atoms with Crippen LogP contribution in [-0.2, 0) is 38.1 Å². The molecule has 0 saturated carbocycles. The van der Waals surface area contributed by atoms with Gasteiger partial charge in [-0.3, -0.25) is 19.4 Å². The SMILES string of the molecule is CCCCOC(=O)CN1CCC(N2CCN(C(=O)C(Cc3cc(Cl)c(N)c(C(F)(F)F)c3)OC(=O)N3CCC(N4CCc5ccccc5NC4=O)CC3)CC2)CC1. The number of para-hydroxylation sites is 1. The summed E-state index contributed by atoms with van der Waals surface area (Å²) in [5.74, 6) is -0.713. The summed E-state index contributed by atoms with van der Waals surface area (Å²) in [6.45, 7) is 7.17. The fraction of sp³-hybridized carbons (Fsp3) is 0.600. The Balaban J connectivity index is 1.07. The molecule has 6 rings (SSSR count). The minimum Gasteiger partial charge on any atom is -0.465 e. The first-order chi connectivity index (χ1) is 27.3. The Kier molecular flexibility index (Phi) is 14.1. The molecular weight excluding hydrogens is 767 g/mol. The minimum absolute atomic E-state index is 0.0548. The number of carbonyl (C=O) groups is 4. The van der Waals surface area contributed by atoms with Crippen LogP contribution in [0.5, 0.6) is 0 Å². The number of piperazine rings is 1. The van der Waals surface area contributed by atoms with Gasteiger partial charge in [0.15, 0.2) is 6.10 Å². The number of urea groups is 1. The van der Waals surface area contributed by atoms with Crippen molar-refractivity contribution >= 4 is 47.0 Å². The van der Waals surface area contributed by atoms with Crippen molar-refractivity contribution in [3.63, 3.8) is 0 Å². The standard InChI is InChI=1S/C40H53ClF3N7O6/c1-2-3-22-56-35(52)26-47-13-9-29(10-14-47)48-18-20-49(21-19-48)37(53)34(25-27-23-31(40(42,43)44)36(45)32(41)24-27)57-39(55)50-15-11-30(12-16-50)51-17-8-28-6-4-5-7-33(28)46-38(51)54/h4-7,23-24,29-30,34H,2-3,8-22,25-26,45H2,1H3,(H,46,54). The average molecular weight is 820 g/mol. The van der Waals surface area contributed by atoms with Gasteiger partial charge in [0.1, 0.15) is 0 Å². The molecule has 4 heterocycles. The van der Waals surface area contributed by atoms with Crippen LogP contribution in [0.25, 0.3) is 0 Å². The fourth-order valence-electron chi connectivity index (χ4n) is 8.23. The highest BCUT2D eigenvalue weighted by Crippen LogP contribution is 2.38. The van der Waals surface area contributed by atoms with E-state index in [-0.39, 0.29) is 60.7 Å². The molecule has 3 N–H and O–H groups in total. The van der Waals surface area contributed by atoms with Gasteiger partial charge in [-0.1, -0.05) is 43.1 Å². The number of nitrogens with one attached hydrogen (secondary N) is 1. The van der Waals surface area contributed by atoms with E-state index in [1.54, 1.807) is 9.80 Å². The van der Waals surface area contributed by atoms with Crippen LogP contribution in [0.4, 0.5) is 34.1 Å². The molecule has 1 unspecified atom stereocenters. The molecule has 0 radical (unpaired) electrons. The minimum atomic E-state index is -4.79. The van der Waals surface area contributed by atoms with Gasteiger partial charge in [0, 0.05) is 83.1 Å². The van der Waals surface area contributed by atoms with Crippen molar-refractivity contribution in [2.45, 2.75) is 82.7 Å². The number of nitrogen functional groups attached to an aromatic ring is 1. The first-order valence-corrected chi connectivity index (χ1v) is 20.4. The van der Waals surface area contributed by atoms with Gasteiger partial charge in [0.25, 0.3) is 5.91 Å². The van der Waals surface area contributed by atoms with E-state index in [4.69, 9.17) is 26.8 Å². The molecule has 4 aliphatic rings. The highest BCUT2D eigenvalue weighted by atomic mass is 35.5. The summed E-state index contributed by atoms with van der Waals surface area (Å²) in [5, 5.41) is 2.67. The number of unbranched alkanes of at least 4 members (excludes halogenated alkanes) is 1. The number of nitrogens with two attached hydrogens (primary N) is 1. The highest BCUT2D eigenvalue weighted by molar-refractivity contribution is 6.33. The third kappa shape index (κ3) is 10.8. The Hall–Kier alpha value is -4.28. The van der Waals surface area contributed by atoms with Crippen molar-refractivity contribution in [3.8, 4) is 0 Å². The number of nitrogens with zero attached hydrogens (tertiary/aromatic N) is 5. The Morgan fingerprint density at radius 2 is 1.61 bits per heavy atom. The molecule has 4 aliphatic heterocycles. The molecule has 312 valence electrons. The third-order valence-corrected chi connectivity index (χ3v) is 11.9. The Bertz CT molecular complexity index is 1740. The number of esters is 1. The molecule has 3 saturated heterocycles. The number of likely N-dealkylation sites (tertiary alicyclic amines) is 2. The molecule has 17 heteroatoms. The fourth-order valence-corrected chi connectivity index (χ4v) is 8.47. The molecule has 4 amide bonds. The van der Waals surface area contributed by atoms with Crippen molar-refractivity contribution in [3.05, 3.63) is 58.1 Å². The molecular formula is C40H53ClF3N7O6. The van der Waals surface area contributed by atoms with E-state index in [9.17, 15) is 32.3 Å². The number of fused-ring (bicyclic) bond motifs is 1. The van der Waals surface area contributed by atoms with E-state index in [1.807, 2.05) is 31.2 Å². The van der Waals surface area contributed by atoms with Gasteiger partial charge in [-0.25, -0.2) is 9.59 Å². The summed E-state index contributed by atoms with van der Waals surface area (Å²) >= 11 is 6.14. The molecule has 0 aromatic heterocycles. The zero-order valence-electron chi connectivity index (χ0n) is 32.4. The normalized spacial score (nSPS) is 19.7. The summed E-state index contributed by atoms with van der Waals surface area (Å²) < 4.78 is 52.9. The summed E-state index contributed by atoms with van der Waals surface area (Å²) in [6, 6.07) is 9.75. The second-order valence-corrected chi connectivity index (χ2v) is 15.7. The summed E-state index contributed by atoms with van der Waals surface area (Å²) in [7, 11) is 0. The zero-order valence-corrected chi connectivity index (χ0v) is 33.2. The van der Waals surface area contributed by atoms with Crippen LogP contribution in [0.15, 0.2) is 36.4 Å². The van der Waals surface area contributed by atoms with Crippen LogP contribution >= 0.6 is 11.6 Å². The number of hydrogen-bond acceptors (Lipinski definition) is 9. The zero-order chi connectivity index (χ0) is 40.7. The third-order valence-electron chi connectivity index (χ3n) is 11.6. The second kappa shape index (κ2) is 19.0. The van der Waals surface area contributed by atoms with Crippen molar-refractivity contribution < 1.29 is 41.8 Å². The number of halogens is 4. The molecule has 13 nitrogen and oxygen atoms in total. The van der Waals surface area contributed by atoms with Crippen molar-refractivity contribution in [1.82, 2.24) is 24.5 Å². The number of benzene rings is 2. The Morgan fingerprint density at radius 1 is 0.930 bits per heavy atom. The second-order valence-electron chi connectivity index (χ2n) is 15.3. The van der Waals surface area contributed by atoms with Crippen LogP contribution < -0.4 is 11.1 Å². The van der Waals surface area contributed by atoms with Gasteiger partial charge in [-0.15, -0.1) is 0 Å². The lowest BCUT2D eigenvalue weighted by Crippen LogP contribution is -2.57. The van der Waals surface area contributed by atoms with E-state index in [2.05, 4.69) is 15.1 Å². The lowest BCUT2D eigenvalue weighted by atomic mass is 10.0. The molecule has 0 aliphatic carbocycles. The van der Waals surface area contributed by atoms with E-state index >= 15 is 0 Å². The van der Waals surface area contributed by atoms with E-state index in [0.717, 1.165) is 56.1 Å². The number of piperidine rings is 2. The maximum atomic E-state index is 14.1. The predicted molar refractivity (Wildman–Crippen MR) is 209 cm³/mol. The van der Waals surface area contributed by atoms with Gasteiger partial charge in [0.05, 0.1) is 29.4 Å². The number of ether oxygens (including phenoxy) is 2. The summed E-state index contributed by atoms with van der Waals surface area (Å²) in [5.41, 5.74) is 5.82. The maximum absolute atomic E-state index is 14.1. The van der Waals surface area contributed by atoms with Crippen LogP contribution in [0.1, 0.15) is 62.1 Å². The molecule has 3 fully saturated rings. The first-order valence-electron chi connectivity index (χ1n) is 20.0. The van der Waals surface area contributed by atoms with Crippen molar-refractivity contribution in [1.29, 1.82) is 0 Å². The van der Waals surface area contributed by atoms with Gasteiger partial charge in [0.2, 0.25) is 0 Å². The van der Waals surface area contributed by atoms with Gasteiger partial charge in [-0.05, 0) is 67.9 Å². The lowest BCUT2D eigenvalue weighted by molar-refractivity contribution is -0.145. The predicted octanol–water partition coefficient (Wildman–Crippen LogP) is 5.50. The molecule has 57 heavy (non-hydrogen) atoms. The number of alkyl halides is 3. The molecule has 2 aromatic rings. The lowest BCUT2D eigenvalue weighted by Gasteiger charge is -2.43. The van der Waals surface area contributed by atoms with E-state index in [1.165, 1.54) is 11.0 Å². The van der Waals surface area contributed by atoms with Gasteiger partial charge >= 0.3 is 24.3 Å². The number of hydrogen-bond donors (Lipinski definition) is 2. The number of amides is 4. The number of carbonyl (C=O) groups excluding carboxylic acids is 4. The monoisotopic (exact) mass is 819 g/mol. The quantitative estimate of drug-likeness (QED) is 0.171. The van der Waals surface area contributed by atoms with E-state index < -0.39 is 35.5 Å². The molecule has 0 spiro atoms. The van der Waals surface area contributed by atoms with Crippen LogP contribution in [-0.4, -0.2) is 139 Å². The molecule has 1 atom stereocenters. The number of rotatable bonds is 11. The molecule has 0 bridgehead atoms. The topological polar surface area (TPSA) is 141 Å². The highest BCUT2D eigenvalue weighted by Gasteiger charge is 2.38. The first kappa shape index (κ1) is 42.3. The van der Waals surface area contributed by atoms with Gasteiger partial charge in [-0.2, -0.15) is 13.2 Å². The Labute approximate surface area is 336 Å². The van der Waals surface area contributed by atoms with Crippen LogP contribution in [0.2, 0.25) is 5.02 Å². The van der Waals surface area contributed by atoms with Crippen LogP contribution in [0, 0.1) is 0 Å². The van der Waals surface area contributed by atoms with E-state index in [0.29, 0.717) is 58.6 Å². The molecule has 2 aromatic carbocycles. The van der Waals surface area contributed by atoms with Gasteiger partial charge < -0.3 is 35.2 Å². The number of anilines is 2.